The van der Waals surface area contributed by atoms with Crippen LogP contribution in [-0.2, 0) is 14.8 Å². The Morgan fingerprint density at radius 2 is 2.17 bits per heavy atom. The van der Waals surface area contributed by atoms with Crippen molar-refractivity contribution in [2.24, 2.45) is 0 Å². The molecule has 0 saturated carbocycles. The molecule has 2 rings (SSSR count). The van der Waals surface area contributed by atoms with E-state index >= 15 is 0 Å². The van der Waals surface area contributed by atoms with Gasteiger partial charge in [0.2, 0.25) is 27.6 Å². The Bertz CT molecular complexity index is 760. The highest BCUT2D eigenvalue weighted by Gasteiger charge is 2.17. The van der Waals surface area contributed by atoms with Gasteiger partial charge in [-0.3, -0.25) is 9.78 Å². The highest BCUT2D eigenvalue weighted by molar-refractivity contribution is 7.88. The second-order valence-electron chi connectivity index (χ2n) is 4.88. The minimum atomic E-state index is -3.31. The van der Waals surface area contributed by atoms with E-state index in [0.29, 0.717) is 11.5 Å². The van der Waals surface area contributed by atoms with Gasteiger partial charge in [0.05, 0.1) is 6.26 Å². The van der Waals surface area contributed by atoms with Crippen LogP contribution < -0.4 is 10.0 Å². The second kappa shape index (κ2) is 7.29. The van der Waals surface area contributed by atoms with Crippen molar-refractivity contribution in [3.05, 3.63) is 30.3 Å². The van der Waals surface area contributed by atoms with Gasteiger partial charge in [-0.1, -0.05) is 11.2 Å². The lowest BCUT2D eigenvalue weighted by molar-refractivity contribution is -0.121. The maximum absolute atomic E-state index is 11.7. The molecule has 124 valence electrons. The van der Waals surface area contributed by atoms with Gasteiger partial charge >= 0.3 is 0 Å². The third-order valence-corrected chi connectivity index (χ3v) is 3.53. The van der Waals surface area contributed by atoms with Crippen LogP contribution in [0, 0.1) is 0 Å². The fourth-order valence-corrected chi connectivity index (χ4v) is 2.21. The number of nitrogens with one attached hydrogen (secondary N) is 2. The largest absolute Gasteiger partial charge is 0.345 e. The lowest BCUT2D eigenvalue weighted by Crippen LogP contribution is -2.31. The summed E-state index contributed by atoms with van der Waals surface area (Å²) in [7, 11) is -3.31. The van der Waals surface area contributed by atoms with E-state index in [2.05, 4.69) is 25.2 Å². The zero-order valence-corrected chi connectivity index (χ0v) is 13.5. The molecule has 9 nitrogen and oxygen atoms in total. The Morgan fingerprint density at radius 1 is 1.39 bits per heavy atom. The highest BCUT2D eigenvalue weighted by Crippen LogP contribution is 2.16. The van der Waals surface area contributed by atoms with Crippen molar-refractivity contribution in [2.45, 2.75) is 19.4 Å². The Morgan fingerprint density at radius 3 is 2.83 bits per heavy atom. The van der Waals surface area contributed by atoms with Gasteiger partial charge in [0.1, 0.15) is 11.7 Å². The predicted molar refractivity (Wildman–Crippen MR) is 81.6 cm³/mol. The molecule has 0 aliphatic carbocycles. The van der Waals surface area contributed by atoms with Gasteiger partial charge in [0, 0.05) is 19.2 Å². The van der Waals surface area contributed by atoms with Crippen LogP contribution in [0.25, 0.3) is 11.5 Å². The van der Waals surface area contributed by atoms with E-state index in [1.807, 2.05) is 0 Å². The van der Waals surface area contributed by atoms with Crippen LogP contribution in [0.4, 0.5) is 0 Å². The van der Waals surface area contributed by atoms with Crippen molar-refractivity contribution in [2.75, 3.05) is 12.8 Å². The molecule has 0 radical (unpaired) electrons. The predicted octanol–water partition coefficient (Wildman–Crippen LogP) is 0.248. The molecule has 1 atom stereocenters. The molecular weight excluding hydrogens is 322 g/mol. The van der Waals surface area contributed by atoms with Crippen LogP contribution in [0.1, 0.15) is 25.3 Å². The zero-order valence-electron chi connectivity index (χ0n) is 12.7. The molecule has 0 aliphatic rings. The van der Waals surface area contributed by atoms with Gasteiger partial charge < -0.3 is 9.84 Å². The minimum Gasteiger partial charge on any atom is -0.345 e. The summed E-state index contributed by atoms with van der Waals surface area (Å²) in [6, 6.07) is 4.83. The fourth-order valence-electron chi connectivity index (χ4n) is 1.74. The molecule has 0 unspecified atom stereocenters. The van der Waals surface area contributed by atoms with Crippen molar-refractivity contribution in [3.8, 4) is 11.5 Å². The summed E-state index contributed by atoms with van der Waals surface area (Å²) in [6.45, 7) is 1.72. The molecule has 23 heavy (non-hydrogen) atoms. The van der Waals surface area contributed by atoms with Crippen molar-refractivity contribution in [1.82, 2.24) is 25.2 Å². The topological polar surface area (TPSA) is 127 Å². The lowest BCUT2D eigenvalue weighted by atomic mass is 10.3. The van der Waals surface area contributed by atoms with Gasteiger partial charge in [-0.2, -0.15) is 4.98 Å². The van der Waals surface area contributed by atoms with E-state index in [-0.39, 0.29) is 24.8 Å². The molecule has 0 saturated heterocycles. The second-order valence-corrected chi connectivity index (χ2v) is 6.71. The lowest BCUT2D eigenvalue weighted by Gasteiger charge is -2.09. The number of aromatic nitrogens is 3. The Balaban J connectivity index is 1.90. The third-order valence-electron chi connectivity index (χ3n) is 2.80. The molecule has 2 aromatic rings. The van der Waals surface area contributed by atoms with E-state index in [4.69, 9.17) is 4.52 Å². The van der Waals surface area contributed by atoms with Gasteiger partial charge in [-0.05, 0) is 19.1 Å². The molecule has 0 spiro atoms. The van der Waals surface area contributed by atoms with E-state index in [0.717, 1.165) is 6.26 Å². The van der Waals surface area contributed by atoms with Crippen molar-refractivity contribution >= 4 is 15.9 Å². The van der Waals surface area contributed by atoms with Gasteiger partial charge in [-0.25, -0.2) is 13.1 Å². The average molecular weight is 339 g/mol. The van der Waals surface area contributed by atoms with Crippen LogP contribution in [-0.4, -0.2) is 42.3 Å². The zero-order chi connectivity index (χ0) is 16.9. The van der Waals surface area contributed by atoms with Crippen molar-refractivity contribution in [1.29, 1.82) is 0 Å². The summed E-state index contributed by atoms with van der Waals surface area (Å²) in [5.74, 6) is 0.252. The SMILES string of the molecule is C[C@H](NC(=O)CCNS(C)(=O)=O)c1nc(-c2ccccn2)no1. The Hall–Kier alpha value is -2.33. The molecule has 0 aromatic carbocycles. The van der Waals surface area contributed by atoms with Gasteiger partial charge in [-0.15, -0.1) is 0 Å². The molecule has 10 heteroatoms. The molecule has 0 aliphatic heterocycles. The summed E-state index contributed by atoms with van der Waals surface area (Å²) in [4.78, 5) is 20.0. The van der Waals surface area contributed by atoms with E-state index in [9.17, 15) is 13.2 Å². The number of sulfonamides is 1. The summed E-state index contributed by atoms with van der Waals surface area (Å²) in [5, 5.41) is 6.47. The first-order valence-corrected chi connectivity index (χ1v) is 8.73. The average Bonchev–Trinajstić information content (AvgIpc) is 2.96. The summed E-state index contributed by atoms with van der Waals surface area (Å²) < 4.78 is 29.2. The molecule has 1 amide bonds. The number of nitrogens with zero attached hydrogens (tertiary/aromatic N) is 3. The summed E-state index contributed by atoms with van der Waals surface area (Å²) >= 11 is 0. The summed E-state index contributed by atoms with van der Waals surface area (Å²) in [6.07, 6.45) is 2.66. The smallest absolute Gasteiger partial charge is 0.249 e. The van der Waals surface area contributed by atoms with E-state index in [1.165, 1.54) is 0 Å². The van der Waals surface area contributed by atoms with Crippen LogP contribution >= 0.6 is 0 Å². The number of carbonyl (C=O) groups is 1. The van der Waals surface area contributed by atoms with Crippen LogP contribution in [0.5, 0.6) is 0 Å². The number of rotatable bonds is 7. The molecule has 2 aromatic heterocycles. The number of amides is 1. The standard InChI is InChI=1S/C13H17N5O4S/c1-9(16-11(19)6-8-15-23(2,20)21)13-17-12(18-22-13)10-5-3-4-7-14-10/h3-5,7,9,15H,6,8H2,1-2H3,(H,16,19)/t9-/m0/s1. The molecule has 0 bridgehead atoms. The van der Waals surface area contributed by atoms with E-state index < -0.39 is 16.1 Å². The first kappa shape index (κ1) is 17.0. The quantitative estimate of drug-likeness (QED) is 0.740. The summed E-state index contributed by atoms with van der Waals surface area (Å²) in [5.41, 5.74) is 0.568. The first-order chi connectivity index (χ1) is 10.8. The molecular formula is C13H17N5O4S. The normalized spacial score (nSPS) is 12.8. The number of carbonyl (C=O) groups excluding carboxylic acids is 1. The maximum atomic E-state index is 11.7. The first-order valence-electron chi connectivity index (χ1n) is 6.84. The molecule has 2 N–H and O–H groups in total. The van der Waals surface area contributed by atoms with Crippen molar-refractivity contribution < 1.29 is 17.7 Å². The highest BCUT2D eigenvalue weighted by atomic mass is 32.2. The van der Waals surface area contributed by atoms with Gasteiger partial charge in [0.25, 0.3) is 0 Å². The monoisotopic (exact) mass is 339 g/mol. The third kappa shape index (κ3) is 5.42. The fraction of sp³-hybridized carbons (Fsp3) is 0.385. The van der Waals surface area contributed by atoms with E-state index in [1.54, 1.807) is 31.3 Å². The van der Waals surface area contributed by atoms with Crippen LogP contribution in [0.3, 0.4) is 0 Å². The number of pyridine rings is 1. The van der Waals surface area contributed by atoms with Gasteiger partial charge in [0.15, 0.2) is 0 Å². The molecule has 0 fully saturated rings. The minimum absolute atomic E-state index is 0.0125. The van der Waals surface area contributed by atoms with Crippen LogP contribution in [0.15, 0.2) is 28.9 Å². The van der Waals surface area contributed by atoms with Crippen LogP contribution in [0.2, 0.25) is 0 Å². The Kier molecular flexibility index (Phi) is 5.40. The van der Waals surface area contributed by atoms with Crippen molar-refractivity contribution in [3.63, 3.8) is 0 Å². The Labute approximate surface area is 133 Å². The number of hydrogen-bond donors (Lipinski definition) is 2. The molecule has 2 heterocycles. The maximum Gasteiger partial charge on any atom is 0.249 e. The number of hydrogen-bond acceptors (Lipinski definition) is 7.